The van der Waals surface area contributed by atoms with Crippen LogP contribution in [0.3, 0.4) is 0 Å². The number of carboxylic acids is 1. The summed E-state index contributed by atoms with van der Waals surface area (Å²) >= 11 is 1.53. The van der Waals surface area contributed by atoms with E-state index in [1.807, 2.05) is 44.2 Å². The van der Waals surface area contributed by atoms with Crippen LogP contribution in [0.15, 0.2) is 36.4 Å². The molecule has 0 spiro atoms. The van der Waals surface area contributed by atoms with Crippen LogP contribution in [0.1, 0.15) is 20.9 Å². The molecule has 1 heterocycles. The van der Waals surface area contributed by atoms with E-state index in [9.17, 15) is 4.79 Å². The van der Waals surface area contributed by atoms with Crippen LogP contribution >= 0.6 is 11.3 Å². The lowest BCUT2D eigenvalue weighted by Gasteiger charge is -2.10. The zero-order valence-corrected chi connectivity index (χ0v) is 12.2. The van der Waals surface area contributed by atoms with Crippen molar-refractivity contribution in [2.75, 3.05) is 0 Å². The molecule has 4 heteroatoms. The number of aliphatic carboxylic acids is 1. The van der Waals surface area contributed by atoms with Crippen LogP contribution in [0.5, 0.6) is 5.75 Å². The van der Waals surface area contributed by atoms with Crippen molar-refractivity contribution in [1.29, 1.82) is 0 Å². The van der Waals surface area contributed by atoms with E-state index in [2.05, 4.69) is 0 Å². The topological polar surface area (TPSA) is 46.5 Å². The molecule has 0 aliphatic carbocycles. The number of carboxylic acid groups (broad SMARTS) is 1. The number of aryl methyl sites for hydroxylation is 2. The minimum atomic E-state index is -0.938. The Balaban J connectivity index is 2.03. The normalized spacial score (nSPS) is 10.9. The molecule has 0 aliphatic rings. The number of carbonyl (C=O) groups is 1. The van der Waals surface area contributed by atoms with Crippen molar-refractivity contribution in [2.45, 2.75) is 20.5 Å². The summed E-state index contributed by atoms with van der Waals surface area (Å²) in [5.74, 6) is -0.0183. The molecule has 1 aromatic heterocycles. The van der Waals surface area contributed by atoms with E-state index in [4.69, 9.17) is 9.84 Å². The predicted molar refractivity (Wildman–Crippen MR) is 81.2 cm³/mol. The van der Waals surface area contributed by atoms with E-state index in [1.54, 1.807) is 6.08 Å². The maximum atomic E-state index is 10.5. The van der Waals surface area contributed by atoms with E-state index in [0.717, 1.165) is 32.7 Å². The van der Waals surface area contributed by atoms with Gasteiger partial charge in [-0.25, -0.2) is 4.79 Å². The number of hydrogen-bond acceptors (Lipinski definition) is 3. The number of para-hydroxylation sites is 1. The largest absolute Gasteiger partial charge is 0.488 e. The average molecular weight is 288 g/mol. The lowest BCUT2D eigenvalue weighted by molar-refractivity contribution is -0.131. The van der Waals surface area contributed by atoms with Gasteiger partial charge in [0, 0.05) is 15.8 Å². The minimum absolute atomic E-state index is 0.497. The highest BCUT2D eigenvalue weighted by atomic mass is 32.1. The van der Waals surface area contributed by atoms with Crippen molar-refractivity contribution in [3.05, 3.63) is 57.3 Å². The van der Waals surface area contributed by atoms with Gasteiger partial charge in [-0.3, -0.25) is 0 Å². The third-order valence-electron chi connectivity index (χ3n) is 2.84. The maximum absolute atomic E-state index is 10.5. The Kier molecular flexibility index (Phi) is 4.58. The van der Waals surface area contributed by atoms with E-state index in [-0.39, 0.29) is 0 Å². The molecule has 0 radical (unpaired) electrons. The molecule has 2 aromatic rings. The highest BCUT2D eigenvalue weighted by Gasteiger charge is 2.05. The second kappa shape index (κ2) is 6.39. The summed E-state index contributed by atoms with van der Waals surface area (Å²) in [5.41, 5.74) is 2.24. The summed E-state index contributed by atoms with van der Waals surface area (Å²) in [6.07, 6.45) is 2.73. The number of hydrogen-bond donors (Lipinski definition) is 1. The summed E-state index contributed by atoms with van der Waals surface area (Å²) in [5, 5.41) is 8.59. The quantitative estimate of drug-likeness (QED) is 0.845. The summed E-state index contributed by atoms with van der Waals surface area (Å²) in [7, 11) is 0. The third-order valence-corrected chi connectivity index (χ3v) is 3.86. The Labute approximate surface area is 122 Å². The molecular formula is C16H16O3S. The molecule has 0 saturated carbocycles. The van der Waals surface area contributed by atoms with Crippen molar-refractivity contribution < 1.29 is 14.6 Å². The van der Waals surface area contributed by atoms with Crippen LogP contribution in [0.25, 0.3) is 6.08 Å². The molecule has 1 N–H and O–H groups in total. The van der Waals surface area contributed by atoms with Crippen LogP contribution in [0.2, 0.25) is 0 Å². The molecule has 0 amide bonds. The first-order valence-electron chi connectivity index (χ1n) is 6.25. The summed E-state index contributed by atoms with van der Waals surface area (Å²) in [4.78, 5) is 12.4. The number of thiophene rings is 1. The van der Waals surface area contributed by atoms with Gasteiger partial charge in [-0.15, -0.1) is 11.3 Å². The van der Waals surface area contributed by atoms with Gasteiger partial charge in [-0.2, -0.15) is 0 Å². The SMILES string of the molecule is Cc1cccc(C)c1OCc1ccc(C=CC(=O)O)s1. The average Bonchev–Trinajstić information content (AvgIpc) is 2.84. The lowest BCUT2D eigenvalue weighted by Crippen LogP contribution is -1.96. The molecule has 0 saturated heterocycles. The Hall–Kier alpha value is -2.07. The van der Waals surface area contributed by atoms with Crippen LogP contribution in [0, 0.1) is 13.8 Å². The maximum Gasteiger partial charge on any atom is 0.328 e. The molecule has 0 atom stereocenters. The van der Waals surface area contributed by atoms with Crippen molar-refractivity contribution in [2.24, 2.45) is 0 Å². The number of rotatable bonds is 5. The smallest absolute Gasteiger partial charge is 0.328 e. The fourth-order valence-corrected chi connectivity index (χ4v) is 2.71. The fourth-order valence-electron chi connectivity index (χ4n) is 1.89. The molecular weight excluding hydrogens is 272 g/mol. The Morgan fingerprint density at radius 1 is 1.25 bits per heavy atom. The predicted octanol–water partition coefficient (Wildman–Crippen LogP) is 4.04. The molecule has 0 fully saturated rings. The fraction of sp³-hybridized carbons (Fsp3) is 0.188. The van der Waals surface area contributed by atoms with Crippen LogP contribution in [-0.4, -0.2) is 11.1 Å². The molecule has 104 valence electrons. The summed E-state index contributed by atoms with van der Waals surface area (Å²) in [6.45, 7) is 4.55. The van der Waals surface area contributed by atoms with Crippen LogP contribution < -0.4 is 4.74 Å². The molecule has 2 rings (SSSR count). The second-order valence-electron chi connectivity index (χ2n) is 4.49. The first-order chi connectivity index (χ1) is 9.56. The Morgan fingerprint density at radius 3 is 2.60 bits per heavy atom. The van der Waals surface area contributed by atoms with E-state index < -0.39 is 5.97 Å². The van der Waals surface area contributed by atoms with Crippen molar-refractivity contribution in [3.8, 4) is 5.75 Å². The lowest BCUT2D eigenvalue weighted by atomic mass is 10.1. The molecule has 1 aromatic carbocycles. The highest BCUT2D eigenvalue weighted by Crippen LogP contribution is 2.25. The summed E-state index contributed by atoms with van der Waals surface area (Å²) < 4.78 is 5.86. The van der Waals surface area contributed by atoms with Crippen LogP contribution in [0.4, 0.5) is 0 Å². The van der Waals surface area contributed by atoms with Gasteiger partial charge in [0.05, 0.1) is 0 Å². The molecule has 3 nitrogen and oxygen atoms in total. The van der Waals surface area contributed by atoms with Gasteiger partial charge in [0.2, 0.25) is 0 Å². The van der Waals surface area contributed by atoms with Gasteiger partial charge in [-0.1, -0.05) is 18.2 Å². The Bertz CT molecular complexity index is 621. The van der Waals surface area contributed by atoms with Crippen LogP contribution in [-0.2, 0) is 11.4 Å². The second-order valence-corrected chi connectivity index (χ2v) is 5.69. The molecule has 20 heavy (non-hydrogen) atoms. The first kappa shape index (κ1) is 14.3. The zero-order chi connectivity index (χ0) is 14.5. The number of benzene rings is 1. The monoisotopic (exact) mass is 288 g/mol. The van der Waals surface area contributed by atoms with Gasteiger partial charge >= 0.3 is 5.97 Å². The number of ether oxygens (including phenoxy) is 1. The van der Waals surface area contributed by atoms with E-state index in [1.165, 1.54) is 11.3 Å². The van der Waals surface area contributed by atoms with Gasteiger partial charge in [0.15, 0.2) is 0 Å². The van der Waals surface area contributed by atoms with Crippen molar-refractivity contribution in [1.82, 2.24) is 0 Å². The van der Waals surface area contributed by atoms with E-state index >= 15 is 0 Å². The standard InChI is InChI=1S/C16H16O3S/c1-11-4-3-5-12(2)16(11)19-10-14-7-6-13(20-14)8-9-15(17)18/h3-9H,10H2,1-2H3,(H,17,18). The Morgan fingerprint density at radius 2 is 1.95 bits per heavy atom. The molecule has 0 bridgehead atoms. The van der Waals surface area contributed by atoms with Crippen molar-refractivity contribution in [3.63, 3.8) is 0 Å². The first-order valence-corrected chi connectivity index (χ1v) is 7.06. The van der Waals surface area contributed by atoms with Crippen molar-refractivity contribution >= 4 is 23.4 Å². The minimum Gasteiger partial charge on any atom is -0.488 e. The zero-order valence-electron chi connectivity index (χ0n) is 11.4. The van der Waals surface area contributed by atoms with Gasteiger partial charge in [0.1, 0.15) is 12.4 Å². The van der Waals surface area contributed by atoms with E-state index in [0.29, 0.717) is 6.61 Å². The molecule has 0 unspecified atom stereocenters. The third kappa shape index (κ3) is 3.71. The molecule has 0 aliphatic heterocycles. The van der Waals surface area contributed by atoms with Gasteiger partial charge in [0.25, 0.3) is 0 Å². The van der Waals surface area contributed by atoms with Gasteiger partial charge in [-0.05, 0) is 43.2 Å². The summed E-state index contributed by atoms with van der Waals surface area (Å²) in [6, 6.07) is 9.92. The highest BCUT2D eigenvalue weighted by molar-refractivity contribution is 7.12. The van der Waals surface area contributed by atoms with Gasteiger partial charge < -0.3 is 9.84 Å².